The maximum atomic E-state index is 13.6. The zero-order valence-electron chi connectivity index (χ0n) is 22.0. The standard InChI is InChI=1S/C29H30ClF3N2O3S/c1-16(38-19-12-10-18(30)11-13-19)25(36)35-27-24(20-14-9-17(28(2,3)4)15-23(20)39-27)26(37)34-22-8-6-5-7-21(22)29(31,32)33/h5-8,10-13,16-17H,9,14-15H2,1-4H3,(H,34,37)(H,35,36). The quantitative estimate of drug-likeness (QED) is 0.309. The number of halogens is 4. The molecule has 1 aliphatic carbocycles. The monoisotopic (exact) mass is 578 g/mol. The van der Waals surface area contributed by atoms with Gasteiger partial charge < -0.3 is 15.4 Å². The Labute approximate surface area is 234 Å². The average molecular weight is 579 g/mol. The Bertz CT molecular complexity index is 1360. The molecule has 1 heterocycles. The third-order valence-electron chi connectivity index (χ3n) is 6.93. The van der Waals surface area contributed by atoms with Crippen LogP contribution >= 0.6 is 22.9 Å². The maximum Gasteiger partial charge on any atom is 0.418 e. The Morgan fingerprint density at radius 3 is 2.36 bits per heavy atom. The predicted octanol–water partition coefficient (Wildman–Crippen LogP) is 8.23. The van der Waals surface area contributed by atoms with E-state index in [1.165, 1.54) is 29.5 Å². The molecule has 0 radical (unpaired) electrons. The maximum absolute atomic E-state index is 13.6. The second-order valence-electron chi connectivity index (χ2n) is 10.7. The van der Waals surface area contributed by atoms with Crippen LogP contribution in [0.15, 0.2) is 48.5 Å². The molecule has 5 nitrogen and oxygen atoms in total. The largest absolute Gasteiger partial charge is 0.481 e. The summed E-state index contributed by atoms with van der Waals surface area (Å²) in [5.41, 5.74) is -0.267. The minimum atomic E-state index is -4.64. The third kappa shape index (κ3) is 6.76. The van der Waals surface area contributed by atoms with E-state index in [4.69, 9.17) is 16.3 Å². The Balaban J connectivity index is 1.64. The molecule has 39 heavy (non-hydrogen) atoms. The van der Waals surface area contributed by atoms with Gasteiger partial charge in [-0.1, -0.05) is 44.5 Å². The zero-order valence-corrected chi connectivity index (χ0v) is 23.6. The lowest BCUT2D eigenvalue weighted by atomic mass is 9.72. The topological polar surface area (TPSA) is 67.4 Å². The van der Waals surface area contributed by atoms with Crippen LogP contribution in [0.4, 0.5) is 23.9 Å². The molecule has 4 rings (SSSR count). The van der Waals surface area contributed by atoms with Gasteiger partial charge in [-0.2, -0.15) is 13.2 Å². The predicted molar refractivity (Wildman–Crippen MR) is 149 cm³/mol. The van der Waals surface area contributed by atoms with Gasteiger partial charge in [0.15, 0.2) is 6.10 Å². The molecule has 10 heteroatoms. The van der Waals surface area contributed by atoms with Gasteiger partial charge in [0.1, 0.15) is 10.8 Å². The molecule has 1 aromatic heterocycles. The van der Waals surface area contributed by atoms with E-state index >= 15 is 0 Å². The summed E-state index contributed by atoms with van der Waals surface area (Å²) in [7, 11) is 0. The molecular weight excluding hydrogens is 549 g/mol. The molecule has 0 saturated heterocycles. The summed E-state index contributed by atoms with van der Waals surface area (Å²) in [4.78, 5) is 27.6. The SMILES string of the molecule is CC(Oc1ccc(Cl)cc1)C(=O)Nc1sc2c(c1C(=O)Nc1ccccc1C(F)(F)F)CCC(C(C)(C)C)C2. The summed E-state index contributed by atoms with van der Waals surface area (Å²) < 4.78 is 46.5. The van der Waals surface area contributed by atoms with E-state index in [9.17, 15) is 22.8 Å². The van der Waals surface area contributed by atoms with Crippen molar-refractivity contribution in [1.29, 1.82) is 0 Å². The molecule has 0 saturated carbocycles. The second kappa shape index (κ2) is 11.2. The smallest absolute Gasteiger partial charge is 0.418 e. The van der Waals surface area contributed by atoms with Gasteiger partial charge in [-0.15, -0.1) is 11.3 Å². The molecular formula is C29H30ClF3N2O3S. The molecule has 208 valence electrons. The summed E-state index contributed by atoms with van der Waals surface area (Å²) >= 11 is 7.21. The second-order valence-corrected chi connectivity index (χ2v) is 12.3. The van der Waals surface area contributed by atoms with E-state index in [1.54, 1.807) is 31.2 Å². The van der Waals surface area contributed by atoms with E-state index in [0.717, 1.165) is 29.3 Å². The van der Waals surface area contributed by atoms with Crippen molar-refractivity contribution < 1.29 is 27.5 Å². The third-order valence-corrected chi connectivity index (χ3v) is 8.35. The summed E-state index contributed by atoms with van der Waals surface area (Å²) in [6.07, 6.45) is -3.41. The van der Waals surface area contributed by atoms with Crippen molar-refractivity contribution in [3.8, 4) is 5.75 Å². The highest BCUT2D eigenvalue weighted by molar-refractivity contribution is 7.17. The van der Waals surface area contributed by atoms with Crippen molar-refractivity contribution in [3.05, 3.63) is 75.1 Å². The first-order chi connectivity index (χ1) is 18.2. The van der Waals surface area contributed by atoms with Crippen LogP contribution in [-0.2, 0) is 23.8 Å². The van der Waals surface area contributed by atoms with Gasteiger partial charge in [0.2, 0.25) is 0 Å². The summed E-state index contributed by atoms with van der Waals surface area (Å²) in [6, 6.07) is 11.4. The minimum absolute atomic E-state index is 0.0418. The van der Waals surface area contributed by atoms with E-state index in [1.807, 2.05) is 0 Å². The molecule has 2 N–H and O–H groups in total. The van der Waals surface area contributed by atoms with E-state index in [-0.39, 0.29) is 16.7 Å². The Kier molecular flexibility index (Phi) is 8.33. The van der Waals surface area contributed by atoms with Crippen molar-refractivity contribution in [2.45, 2.75) is 59.2 Å². The number of carbonyl (C=O) groups excluding carboxylic acids is 2. The Morgan fingerprint density at radius 2 is 1.72 bits per heavy atom. The van der Waals surface area contributed by atoms with Gasteiger partial charge in [-0.3, -0.25) is 9.59 Å². The number of alkyl halides is 3. The van der Waals surface area contributed by atoms with Gasteiger partial charge in [-0.25, -0.2) is 0 Å². The number of hydrogen-bond acceptors (Lipinski definition) is 4. The highest BCUT2D eigenvalue weighted by Crippen LogP contribution is 2.45. The number of benzene rings is 2. The molecule has 2 aromatic carbocycles. The first-order valence-electron chi connectivity index (χ1n) is 12.6. The molecule has 0 fully saturated rings. The number of ether oxygens (including phenoxy) is 1. The molecule has 0 aliphatic heterocycles. The van der Waals surface area contributed by atoms with Crippen LogP contribution in [0.1, 0.15) is 60.5 Å². The number of anilines is 2. The van der Waals surface area contributed by atoms with Gasteiger partial charge in [0, 0.05) is 9.90 Å². The molecule has 2 amide bonds. The lowest BCUT2D eigenvalue weighted by molar-refractivity contribution is -0.136. The summed E-state index contributed by atoms with van der Waals surface area (Å²) in [6.45, 7) is 8.07. The lowest BCUT2D eigenvalue weighted by Crippen LogP contribution is -2.31. The van der Waals surface area contributed by atoms with Crippen molar-refractivity contribution in [2.24, 2.45) is 11.3 Å². The number of para-hydroxylation sites is 1. The molecule has 1 aliphatic rings. The van der Waals surface area contributed by atoms with Crippen molar-refractivity contribution >= 4 is 45.4 Å². The fraction of sp³-hybridized carbons (Fsp3) is 0.379. The fourth-order valence-corrected chi connectivity index (χ4v) is 6.12. The van der Waals surface area contributed by atoms with Crippen LogP contribution in [0, 0.1) is 11.3 Å². The molecule has 0 bridgehead atoms. The number of carbonyl (C=O) groups is 2. The lowest BCUT2D eigenvalue weighted by Gasteiger charge is -2.33. The summed E-state index contributed by atoms with van der Waals surface area (Å²) in [5, 5.41) is 6.09. The van der Waals surface area contributed by atoms with Crippen LogP contribution in [-0.4, -0.2) is 17.9 Å². The highest BCUT2D eigenvalue weighted by atomic mass is 35.5. The van der Waals surface area contributed by atoms with Gasteiger partial charge in [-0.05, 0) is 79.5 Å². The van der Waals surface area contributed by atoms with Crippen LogP contribution in [0.2, 0.25) is 5.02 Å². The van der Waals surface area contributed by atoms with Crippen molar-refractivity contribution in [3.63, 3.8) is 0 Å². The Morgan fingerprint density at radius 1 is 1.05 bits per heavy atom. The van der Waals surface area contributed by atoms with Gasteiger partial charge in [0.05, 0.1) is 16.8 Å². The fourth-order valence-electron chi connectivity index (χ4n) is 4.66. The van der Waals surface area contributed by atoms with E-state index < -0.39 is 29.7 Å². The van der Waals surface area contributed by atoms with Crippen LogP contribution in [0.3, 0.4) is 0 Å². The average Bonchev–Trinajstić information content (AvgIpc) is 3.21. The highest BCUT2D eigenvalue weighted by Gasteiger charge is 2.36. The van der Waals surface area contributed by atoms with Gasteiger partial charge >= 0.3 is 6.18 Å². The van der Waals surface area contributed by atoms with Crippen LogP contribution in [0.25, 0.3) is 0 Å². The molecule has 2 unspecified atom stereocenters. The van der Waals surface area contributed by atoms with Crippen LogP contribution in [0.5, 0.6) is 5.75 Å². The molecule has 3 aromatic rings. The normalized spacial score (nSPS) is 16.3. The number of hydrogen-bond donors (Lipinski definition) is 2. The number of thiophene rings is 1. The first-order valence-corrected chi connectivity index (χ1v) is 13.8. The molecule has 2 atom stereocenters. The number of fused-ring (bicyclic) bond motifs is 1. The molecule has 0 spiro atoms. The zero-order chi connectivity index (χ0) is 28.5. The van der Waals surface area contributed by atoms with E-state index in [0.29, 0.717) is 28.1 Å². The minimum Gasteiger partial charge on any atom is -0.481 e. The summed E-state index contributed by atoms with van der Waals surface area (Å²) in [5.74, 6) is -0.371. The Hall–Kier alpha value is -3.04. The van der Waals surface area contributed by atoms with Crippen LogP contribution < -0.4 is 15.4 Å². The first kappa shape index (κ1) is 29.0. The van der Waals surface area contributed by atoms with Crippen molar-refractivity contribution in [1.82, 2.24) is 0 Å². The number of nitrogens with one attached hydrogen (secondary N) is 2. The van der Waals surface area contributed by atoms with Crippen molar-refractivity contribution in [2.75, 3.05) is 10.6 Å². The van der Waals surface area contributed by atoms with Gasteiger partial charge in [0.25, 0.3) is 11.8 Å². The number of amides is 2. The van der Waals surface area contributed by atoms with E-state index in [2.05, 4.69) is 31.4 Å². The number of rotatable bonds is 6.